The summed E-state index contributed by atoms with van der Waals surface area (Å²) in [4.78, 5) is 10.9. The van der Waals surface area contributed by atoms with E-state index in [4.69, 9.17) is 0 Å². The number of hydrogen-bond acceptors (Lipinski definition) is 3. The number of nitrogens with zero attached hydrogens (tertiary/aromatic N) is 3. The number of aryl methyl sites for hydroxylation is 1. The molecule has 0 spiro atoms. The van der Waals surface area contributed by atoms with Gasteiger partial charge in [0.1, 0.15) is 0 Å². The van der Waals surface area contributed by atoms with Crippen molar-refractivity contribution < 1.29 is 4.79 Å². The molecule has 0 saturated carbocycles. The van der Waals surface area contributed by atoms with Gasteiger partial charge in [-0.3, -0.25) is 4.79 Å². The molecule has 4 heteroatoms. The van der Waals surface area contributed by atoms with Gasteiger partial charge in [0.25, 0.3) is 0 Å². The molecule has 1 heterocycles. The highest BCUT2D eigenvalue weighted by Crippen LogP contribution is 2.20. The van der Waals surface area contributed by atoms with Gasteiger partial charge < -0.3 is 0 Å². The summed E-state index contributed by atoms with van der Waals surface area (Å²) in [6.45, 7) is 2.84. The van der Waals surface area contributed by atoms with Crippen molar-refractivity contribution in [1.82, 2.24) is 15.0 Å². The largest absolute Gasteiger partial charge is 0.296 e. The Morgan fingerprint density at radius 1 is 1.31 bits per heavy atom. The molecule has 2 rings (SSSR count). The van der Waals surface area contributed by atoms with E-state index in [-0.39, 0.29) is 0 Å². The second-order valence-electron chi connectivity index (χ2n) is 3.53. The van der Waals surface area contributed by atoms with Gasteiger partial charge in [0.15, 0.2) is 12.0 Å². The van der Waals surface area contributed by atoms with E-state index >= 15 is 0 Å². The van der Waals surface area contributed by atoms with Crippen LogP contribution in [0.3, 0.4) is 0 Å². The van der Waals surface area contributed by atoms with Crippen LogP contribution in [0.25, 0.3) is 11.3 Å². The minimum atomic E-state index is 0.402. The molecule has 1 aromatic carbocycles. The Hall–Kier alpha value is -1.97. The van der Waals surface area contributed by atoms with Gasteiger partial charge >= 0.3 is 0 Å². The van der Waals surface area contributed by atoms with E-state index in [1.165, 1.54) is 0 Å². The highest BCUT2D eigenvalue weighted by Gasteiger charge is 2.13. The summed E-state index contributed by atoms with van der Waals surface area (Å²) < 4.78 is 1.78. The number of carbonyl (C=O) groups is 1. The van der Waals surface area contributed by atoms with Crippen molar-refractivity contribution in [3.8, 4) is 11.3 Å². The summed E-state index contributed by atoms with van der Waals surface area (Å²) in [5.74, 6) is 0. The third kappa shape index (κ3) is 1.86. The van der Waals surface area contributed by atoms with Gasteiger partial charge in [0.05, 0.1) is 5.69 Å². The molecule has 0 atom stereocenters. The lowest BCUT2D eigenvalue weighted by atomic mass is 10.1. The first-order chi connectivity index (χ1) is 7.86. The van der Waals surface area contributed by atoms with Gasteiger partial charge in [0.2, 0.25) is 0 Å². The van der Waals surface area contributed by atoms with Crippen LogP contribution in [0.1, 0.15) is 23.8 Å². The van der Waals surface area contributed by atoms with Crippen LogP contribution >= 0.6 is 0 Å². The number of carbonyl (C=O) groups excluding carboxylic acids is 1. The van der Waals surface area contributed by atoms with Gasteiger partial charge in [0, 0.05) is 12.1 Å². The second kappa shape index (κ2) is 4.70. The minimum Gasteiger partial charge on any atom is -0.296 e. The van der Waals surface area contributed by atoms with Crippen molar-refractivity contribution in [3.05, 3.63) is 36.0 Å². The lowest BCUT2D eigenvalue weighted by Gasteiger charge is -2.04. The highest BCUT2D eigenvalue weighted by molar-refractivity contribution is 5.83. The molecule has 0 saturated heterocycles. The van der Waals surface area contributed by atoms with Crippen LogP contribution < -0.4 is 0 Å². The van der Waals surface area contributed by atoms with Crippen LogP contribution in [0.4, 0.5) is 0 Å². The number of aldehydes is 1. The van der Waals surface area contributed by atoms with Crippen LogP contribution in [-0.4, -0.2) is 21.3 Å². The third-order valence-electron chi connectivity index (χ3n) is 2.36. The van der Waals surface area contributed by atoms with Crippen LogP contribution in [0.5, 0.6) is 0 Å². The molecule has 0 aliphatic heterocycles. The maximum atomic E-state index is 10.9. The summed E-state index contributed by atoms with van der Waals surface area (Å²) in [7, 11) is 0. The van der Waals surface area contributed by atoms with Crippen molar-refractivity contribution in [1.29, 1.82) is 0 Å². The van der Waals surface area contributed by atoms with Crippen LogP contribution in [0.2, 0.25) is 0 Å². The van der Waals surface area contributed by atoms with Gasteiger partial charge in [-0.25, -0.2) is 4.68 Å². The van der Waals surface area contributed by atoms with E-state index in [2.05, 4.69) is 17.2 Å². The van der Waals surface area contributed by atoms with E-state index in [9.17, 15) is 4.79 Å². The summed E-state index contributed by atoms with van der Waals surface area (Å²) in [6, 6.07) is 9.73. The molecule has 0 fully saturated rings. The maximum absolute atomic E-state index is 10.9. The number of aromatic nitrogens is 3. The van der Waals surface area contributed by atoms with Crippen LogP contribution in [0.15, 0.2) is 30.3 Å². The SMILES string of the molecule is CCCn1nnc(C=O)c1-c1ccccc1. The number of hydrogen-bond donors (Lipinski definition) is 0. The first kappa shape index (κ1) is 10.5. The van der Waals surface area contributed by atoms with E-state index in [0.29, 0.717) is 5.69 Å². The zero-order valence-corrected chi connectivity index (χ0v) is 9.13. The summed E-state index contributed by atoms with van der Waals surface area (Å²) in [5.41, 5.74) is 2.18. The average molecular weight is 215 g/mol. The van der Waals surface area contributed by atoms with Gasteiger partial charge in [-0.2, -0.15) is 0 Å². The third-order valence-corrected chi connectivity index (χ3v) is 2.36. The fourth-order valence-corrected chi connectivity index (χ4v) is 1.67. The van der Waals surface area contributed by atoms with Gasteiger partial charge in [-0.05, 0) is 6.42 Å². The standard InChI is InChI=1S/C12H13N3O/c1-2-8-15-12(11(9-16)13-14-15)10-6-4-3-5-7-10/h3-7,9H,2,8H2,1H3. The molecule has 0 aliphatic carbocycles. The van der Waals surface area contributed by atoms with E-state index in [0.717, 1.165) is 30.5 Å². The number of rotatable bonds is 4. The number of benzene rings is 1. The average Bonchev–Trinajstić information content (AvgIpc) is 2.74. The summed E-state index contributed by atoms with van der Waals surface area (Å²) in [6.07, 6.45) is 1.71. The van der Waals surface area contributed by atoms with Crippen LogP contribution in [-0.2, 0) is 6.54 Å². The minimum absolute atomic E-state index is 0.402. The van der Waals surface area contributed by atoms with Crippen molar-refractivity contribution in [2.75, 3.05) is 0 Å². The molecule has 0 bridgehead atoms. The topological polar surface area (TPSA) is 47.8 Å². The van der Waals surface area contributed by atoms with E-state index in [1.54, 1.807) is 4.68 Å². The zero-order valence-electron chi connectivity index (χ0n) is 9.13. The molecule has 0 aliphatic rings. The molecule has 0 N–H and O–H groups in total. The van der Waals surface area contributed by atoms with Crippen molar-refractivity contribution in [2.24, 2.45) is 0 Å². The molecule has 0 amide bonds. The quantitative estimate of drug-likeness (QED) is 0.734. The van der Waals surface area contributed by atoms with Crippen molar-refractivity contribution >= 4 is 6.29 Å². The fraction of sp³-hybridized carbons (Fsp3) is 0.250. The summed E-state index contributed by atoms with van der Waals surface area (Å²) in [5, 5.41) is 7.86. The predicted molar refractivity (Wildman–Crippen MR) is 61.1 cm³/mol. The monoisotopic (exact) mass is 215 g/mol. The molecule has 1 aromatic heterocycles. The Morgan fingerprint density at radius 3 is 2.69 bits per heavy atom. The molecular weight excluding hydrogens is 202 g/mol. The Bertz CT molecular complexity index is 476. The zero-order chi connectivity index (χ0) is 11.4. The molecule has 16 heavy (non-hydrogen) atoms. The van der Waals surface area contributed by atoms with Gasteiger partial charge in [-0.15, -0.1) is 5.10 Å². The van der Waals surface area contributed by atoms with E-state index in [1.807, 2.05) is 30.3 Å². The Labute approximate surface area is 93.9 Å². The van der Waals surface area contributed by atoms with Gasteiger partial charge in [-0.1, -0.05) is 42.5 Å². The van der Waals surface area contributed by atoms with Crippen molar-refractivity contribution in [2.45, 2.75) is 19.9 Å². The maximum Gasteiger partial charge on any atom is 0.172 e. The molecule has 2 aromatic rings. The lowest BCUT2D eigenvalue weighted by Crippen LogP contribution is -2.02. The second-order valence-corrected chi connectivity index (χ2v) is 3.53. The molecule has 0 unspecified atom stereocenters. The summed E-state index contributed by atoms with van der Waals surface area (Å²) >= 11 is 0. The molecule has 82 valence electrons. The van der Waals surface area contributed by atoms with E-state index < -0.39 is 0 Å². The molecule has 0 radical (unpaired) electrons. The van der Waals surface area contributed by atoms with Crippen molar-refractivity contribution in [3.63, 3.8) is 0 Å². The Morgan fingerprint density at radius 2 is 2.06 bits per heavy atom. The van der Waals surface area contributed by atoms with Crippen LogP contribution in [0, 0.1) is 0 Å². The molecular formula is C12H13N3O. The normalized spacial score (nSPS) is 10.3. The smallest absolute Gasteiger partial charge is 0.172 e. The first-order valence-electron chi connectivity index (χ1n) is 5.31. The lowest BCUT2D eigenvalue weighted by molar-refractivity contribution is 0.111. The first-order valence-corrected chi connectivity index (χ1v) is 5.31. The fourth-order valence-electron chi connectivity index (χ4n) is 1.67. The Kier molecular flexibility index (Phi) is 3.10. The Balaban J connectivity index is 2.52. The predicted octanol–water partition coefficient (Wildman–Crippen LogP) is 2.17. The highest BCUT2D eigenvalue weighted by atomic mass is 16.1. The molecule has 4 nitrogen and oxygen atoms in total.